The molecule has 0 N–H and O–H groups in total. The van der Waals surface area contributed by atoms with E-state index in [9.17, 15) is 9.36 Å². The van der Waals surface area contributed by atoms with Gasteiger partial charge in [-0.1, -0.05) is 11.1 Å². The van der Waals surface area contributed by atoms with Crippen molar-refractivity contribution in [2.45, 2.75) is 12.7 Å². The van der Waals surface area contributed by atoms with Crippen molar-refractivity contribution in [2.75, 3.05) is 40.5 Å². The van der Waals surface area contributed by atoms with Crippen molar-refractivity contribution < 1.29 is 23.1 Å². The van der Waals surface area contributed by atoms with Gasteiger partial charge >= 0.3 is 13.8 Å². The van der Waals surface area contributed by atoms with Crippen LogP contribution in [0, 0.1) is 0 Å². The SMILES string of the molecule is C=C(C)C(=O)C1(C[N+](C)(C)C)OCC[P+](=O)O1. The zero-order valence-corrected chi connectivity index (χ0v) is 11.8. The van der Waals surface area contributed by atoms with Crippen molar-refractivity contribution in [1.29, 1.82) is 0 Å². The highest BCUT2D eigenvalue weighted by molar-refractivity contribution is 7.39. The molecule has 0 amide bonds. The molecule has 0 aromatic carbocycles. The van der Waals surface area contributed by atoms with Crippen LogP contribution >= 0.6 is 8.03 Å². The number of ketones is 1. The van der Waals surface area contributed by atoms with Crippen LogP contribution in [0.1, 0.15) is 6.92 Å². The van der Waals surface area contributed by atoms with Crippen LogP contribution in [0.4, 0.5) is 0 Å². The van der Waals surface area contributed by atoms with Gasteiger partial charge in [0.05, 0.1) is 27.7 Å². The fourth-order valence-corrected chi connectivity index (χ4v) is 2.58. The van der Waals surface area contributed by atoms with Crippen LogP contribution in [0.25, 0.3) is 0 Å². The number of rotatable bonds is 4. The minimum atomic E-state index is -1.84. The third-order valence-corrected chi connectivity index (χ3v) is 3.32. The van der Waals surface area contributed by atoms with Gasteiger partial charge in [0.2, 0.25) is 11.9 Å². The highest BCUT2D eigenvalue weighted by Crippen LogP contribution is 2.38. The summed E-state index contributed by atoms with van der Waals surface area (Å²) >= 11 is 0. The second-order valence-electron chi connectivity index (χ2n) is 5.31. The van der Waals surface area contributed by atoms with Crippen LogP contribution in [0.2, 0.25) is 0 Å². The standard InChI is InChI=1S/C11H20NO4P/c1-9(2)10(13)11(8-12(3,4)5)15-6-7-17(14)16-11/h1,6-8H2,2-5H3/q+2. The third-order valence-electron chi connectivity index (χ3n) is 2.27. The number of hydrogen-bond donors (Lipinski definition) is 0. The molecule has 0 aromatic rings. The number of hydrogen-bond acceptors (Lipinski definition) is 4. The zero-order chi connectivity index (χ0) is 13.3. The summed E-state index contributed by atoms with van der Waals surface area (Å²) in [7, 11) is 3.92. The summed E-state index contributed by atoms with van der Waals surface area (Å²) in [6.45, 7) is 5.80. The van der Waals surface area contributed by atoms with Crippen LogP contribution in [-0.2, 0) is 18.6 Å². The lowest BCUT2D eigenvalue weighted by Gasteiger charge is -2.35. The fourth-order valence-electron chi connectivity index (χ4n) is 1.72. The molecule has 1 heterocycles. The summed E-state index contributed by atoms with van der Waals surface area (Å²) in [5.41, 5.74) is 0.351. The van der Waals surface area contributed by atoms with Crippen molar-refractivity contribution >= 4 is 13.8 Å². The quantitative estimate of drug-likeness (QED) is 0.435. The highest BCUT2D eigenvalue weighted by Gasteiger charge is 2.55. The number of Topliss-reactive ketones (excluding diaryl/α,β-unsaturated/α-hetero) is 1. The lowest BCUT2D eigenvalue weighted by molar-refractivity contribution is -0.878. The molecule has 17 heavy (non-hydrogen) atoms. The second kappa shape index (κ2) is 4.94. The van der Waals surface area contributed by atoms with Crippen molar-refractivity contribution in [3.8, 4) is 0 Å². The molecule has 2 atom stereocenters. The maximum atomic E-state index is 12.2. The molecule has 0 radical (unpaired) electrons. The maximum absolute atomic E-state index is 12.2. The Kier molecular flexibility index (Phi) is 4.20. The summed E-state index contributed by atoms with van der Waals surface area (Å²) in [4.78, 5) is 12.2. The molecule has 2 unspecified atom stereocenters. The molecule has 0 aromatic heterocycles. The summed E-state index contributed by atoms with van der Waals surface area (Å²) in [6, 6.07) is 0. The third kappa shape index (κ3) is 3.68. The number of carbonyl (C=O) groups is 1. The number of ether oxygens (including phenoxy) is 1. The van der Waals surface area contributed by atoms with E-state index in [0.29, 0.717) is 22.8 Å². The predicted octanol–water partition coefficient (Wildman–Crippen LogP) is 1.32. The van der Waals surface area contributed by atoms with E-state index in [1.54, 1.807) is 6.92 Å². The van der Waals surface area contributed by atoms with Crippen LogP contribution in [-0.4, -0.2) is 56.5 Å². The monoisotopic (exact) mass is 261 g/mol. The van der Waals surface area contributed by atoms with E-state index < -0.39 is 13.8 Å². The molecule has 0 saturated carbocycles. The molecule has 1 fully saturated rings. The van der Waals surface area contributed by atoms with Gasteiger partial charge in [0, 0.05) is 0 Å². The van der Waals surface area contributed by atoms with Crippen molar-refractivity contribution in [1.82, 2.24) is 0 Å². The van der Waals surface area contributed by atoms with Gasteiger partial charge in [-0.15, -0.1) is 0 Å². The molecule has 0 spiro atoms. The molecule has 96 valence electrons. The largest absolute Gasteiger partial charge is 0.514 e. The summed E-state index contributed by atoms with van der Waals surface area (Å²) in [5.74, 6) is -1.76. The zero-order valence-electron chi connectivity index (χ0n) is 10.9. The number of carbonyl (C=O) groups excluding carboxylic acids is 1. The summed E-state index contributed by atoms with van der Waals surface area (Å²) < 4.78 is 22.9. The first-order valence-electron chi connectivity index (χ1n) is 5.45. The molecule has 0 bridgehead atoms. The predicted molar refractivity (Wildman–Crippen MR) is 65.0 cm³/mol. The Hall–Kier alpha value is -0.610. The molecule has 1 saturated heterocycles. The van der Waals surface area contributed by atoms with Crippen LogP contribution in [0.15, 0.2) is 12.2 Å². The summed E-state index contributed by atoms with van der Waals surface area (Å²) in [5, 5.41) is 0. The second-order valence-corrected chi connectivity index (χ2v) is 6.60. The molecule has 1 aliphatic rings. The van der Waals surface area contributed by atoms with Gasteiger partial charge in [0.1, 0.15) is 6.54 Å². The van der Waals surface area contributed by atoms with E-state index in [0.717, 1.165) is 0 Å². The van der Waals surface area contributed by atoms with E-state index in [1.165, 1.54) is 0 Å². The highest BCUT2D eigenvalue weighted by atomic mass is 31.1. The van der Waals surface area contributed by atoms with E-state index >= 15 is 0 Å². The minimum Gasteiger partial charge on any atom is -0.331 e. The van der Waals surface area contributed by atoms with E-state index in [-0.39, 0.29) is 12.4 Å². The normalized spacial score (nSPS) is 27.9. The lowest BCUT2D eigenvalue weighted by atomic mass is 10.0. The molecule has 0 aliphatic carbocycles. The lowest BCUT2D eigenvalue weighted by Crippen LogP contribution is -2.57. The van der Waals surface area contributed by atoms with Gasteiger partial charge < -0.3 is 9.22 Å². The van der Waals surface area contributed by atoms with Gasteiger partial charge in [-0.2, -0.15) is 0 Å². The van der Waals surface area contributed by atoms with Crippen LogP contribution < -0.4 is 0 Å². The van der Waals surface area contributed by atoms with Gasteiger partial charge in [-0.3, -0.25) is 4.79 Å². The first-order valence-corrected chi connectivity index (χ1v) is 6.81. The molecular formula is C11H20NO4P+2. The van der Waals surface area contributed by atoms with E-state index in [1.807, 2.05) is 21.1 Å². The molecule has 6 heteroatoms. The van der Waals surface area contributed by atoms with Gasteiger partial charge in [0.25, 0.3) is 0 Å². The Bertz CT molecular complexity index is 361. The molecule has 1 rings (SSSR count). The number of quaternary nitrogens is 1. The van der Waals surface area contributed by atoms with E-state index in [4.69, 9.17) is 9.26 Å². The van der Waals surface area contributed by atoms with Crippen molar-refractivity contribution in [3.05, 3.63) is 12.2 Å². The van der Waals surface area contributed by atoms with Gasteiger partial charge in [0.15, 0.2) is 0 Å². The number of nitrogens with zero attached hydrogens (tertiary/aromatic N) is 1. The van der Waals surface area contributed by atoms with Crippen LogP contribution in [0.3, 0.4) is 0 Å². The smallest absolute Gasteiger partial charge is 0.331 e. The topological polar surface area (TPSA) is 52.6 Å². The van der Waals surface area contributed by atoms with Crippen molar-refractivity contribution in [3.63, 3.8) is 0 Å². The Labute approximate surface area is 103 Å². The fraction of sp³-hybridized carbons (Fsp3) is 0.727. The van der Waals surface area contributed by atoms with Crippen LogP contribution in [0.5, 0.6) is 0 Å². The maximum Gasteiger partial charge on any atom is 0.514 e. The Morgan fingerprint density at radius 2 is 2.06 bits per heavy atom. The average Bonchev–Trinajstić information content (AvgIpc) is 2.13. The first kappa shape index (κ1) is 14.5. The van der Waals surface area contributed by atoms with Gasteiger partial charge in [-0.25, -0.2) is 0 Å². The molecule has 5 nitrogen and oxygen atoms in total. The van der Waals surface area contributed by atoms with Crippen molar-refractivity contribution in [2.24, 2.45) is 0 Å². The Morgan fingerprint density at radius 1 is 1.47 bits per heavy atom. The number of likely N-dealkylation sites (N-methyl/N-ethyl adjacent to an activating group) is 1. The van der Waals surface area contributed by atoms with E-state index in [2.05, 4.69) is 6.58 Å². The molecular weight excluding hydrogens is 241 g/mol. The van der Waals surface area contributed by atoms with Gasteiger partial charge in [-0.05, 0) is 17.1 Å². The Balaban J connectivity index is 3.03. The molecule has 1 aliphatic heterocycles. The summed E-state index contributed by atoms with van der Waals surface area (Å²) in [6.07, 6.45) is 0.331. The first-order chi connectivity index (χ1) is 7.66. The average molecular weight is 261 g/mol. The Morgan fingerprint density at radius 3 is 2.47 bits per heavy atom. The minimum absolute atomic E-state index is 0.272.